The van der Waals surface area contributed by atoms with Crippen LogP contribution in [0.25, 0.3) is 16.9 Å². The van der Waals surface area contributed by atoms with Crippen molar-refractivity contribution in [3.05, 3.63) is 59.9 Å². The minimum Gasteiger partial charge on any atom is -0.416 e. The van der Waals surface area contributed by atoms with Crippen molar-refractivity contribution in [1.29, 1.82) is 0 Å². The Bertz CT molecular complexity index is 1210. The highest BCUT2D eigenvalue weighted by Crippen LogP contribution is 2.37. The van der Waals surface area contributed by atoms with Crippen LogP contribution < -0.4 is 0 Å². The predicted molar refractivity (Wildman–Crippen MR) is 173 cm³/mol. The molecule has 0 saturated heterocycles. The summed E-state index contributed by atoms with van der Waals surface area (Å²) in [5, 5.41) is 10.8. The molecule has 0 saturated carbocycles. The zero-order valence-electron chi connectivity index (χ0n) is 26.8. The second-order valence-corrected chi connectivity index (χ2v) is 23.8. The summed E-state index contributed by atoms with van der Waals surface area (Å²) >= 11 is 0. The molecule has 0 amide bonds. The van der Waals surface area contributed by atoms with Crippen LogP contribution in [0.4, 0.5) is 0 Å². The zero-order valence-corrected chi connectivity index (χ0v) is 28.8. The summed E-state index contributed by atoms with van der Waals surface area (Å²) < 4.78 is 15.2. The lowest BCUT2D eigenvalue weighted by molar-refractivity contribution is 0.159. The Morgan fingerprint density at radius 1 is 0.900 bits per heavy atom. The second kappa shape index (κ2) is 12.6. The number of hydrogen-bond acceptors (Lipinski definition) is 5. The molecule has 1 unspecified atom stereocenters. The molecule has 222 valence electrons. The molecule has 0 radical (unpaired) electrons. The van der Waals surface area contributed by atoms with Gasteiger partial charge in [-0.1, -0.05) is 53.7 Å². The molecule has 1 atom stereocenters. The predicted octanol–water partition coefficient (Wildman–Crippen LogP) is 7.90. The normalized spacial score (nSPS) is 14.3. The fourth-order valence-corrected chi connectivity index (χ4v) is 6.28. The number of fused-ring (bicyclic) bond motifs is 1. The molecule has 0 aliphatic carbocycles. The van der Waals surface area contributed by atoms with E-state index < -0.39 is 22.7 Å². The SMILES string of the molecule is CC(O)c1cc2ccccn2c1-c1ccc(CN(CCO[Si](C)(C)C(C)(C)C)CCO[Si](C)(C)C(C)(C)C)cn1. The first-order chi connectivity index (χ1) is 18.4. The van der Waals surface area contributed by atoms with Crippen molar-refractivity contribution in [2.24, 2.45) is 0 Å². The van der Waals surface area contributed by atoms with E-state index in [2.05, 4.69) is 95.2 Å². The lowest BCUT2D eigenvalue weighted by Crippen LogP contribution is -2.44. The lowest BCUT2D eigenvalue weighted by Gasteiger charge is -2.38. The fraction of sp³-hybridized carbons (Fsp3) is 0.594. The first-order valence-electron chi connectivity index (χ1n) is 14.7. The van der Waals surface area contributed by atoms with Gasteiger partial charge in [0.1, 0.15) is 0 Å². The Labute approximate surface area is 245 Å². The lowest BCUT2D eigenvalue weighted by atomic mass is 10.1. The summed E-state index contributed by atoms with van der Waals surface area (Å²) in [6.45, 7) is 28.7. The van der Waals surface area contributed by atoms with Crippen molar-refractivity contribution < 1.29 is 14.0 Å². The number of aliphatic hydroxyl groups excluding tert-OH is 1. The molecule has 0 aliphatic heterocycles. The van der Waals surface area contributed by atoms with Gasteiger partial charge in [0, 0.05) is 56.3 Å². The fourth-order valence-electron chi connectivity index (χ4n) is 4.21. The summed E-state index contributed by atoms with van der Waals surface area (Å²) in [5.41, 5.74) is 4.90. The molecule has 0 aromatic carbocycles. The molecule has 0 aliphatic rings. The number of hydrogen-bond donors (Lipinski definition) is 1. The Hall–Kier alpha value is -1.82. The maximum Gasteiger partial charge on any atom is 0.192 e. The average Bonchev–Trinajstić information content (AvgIpc) is 3.23. The van der Waals surface area contributed by atoms with E-state index in [1.54, 1.807) is 0 Å². The standard InChI is InChI=1S/C32H53N3O3Si2/c1-25(36)28-22-27-14-12-13-17-35(27)30(28)29-16-15-26(23-33-29)24-34(18-20-37-39(8,9)31(2,3)4)19-21-38-40(10,11)32(5,6)7/h12-17,22-23,25,36H,18-21,24H2,1-11H3. The Morgan fingerprint density at radius 2 is 1.48 bits per heavy atom. The van der Waals surface area contributed by atoms with Gasteiger partial charge in [0.2, 0.25) is 0 Å². The number of aliphatic hydroxyl groups is 1. The highest BCUT2D eigenvalue weighted by molar-refractivity contribution is 6.74. The monoisotopic (exact) mass is 583 g/mol. The van der Waals surface area contributed by atoms with E-state index in [-0.39, 0.29) is 10.1 Å². The van der Waals surface area contributed by atoms with Gasteiger partial charge >= 0.3 is 0 Å². The summed E-state index contributed by atoms with van der Waals surface area (Å²) in [7, 11) is -3.62. The van der Waals surface area contributed by atoms with E-state index in [9.17, 15) is 5.11 Å². The maximum atomic E-state index is 10.5. The van der Waals surface area contributed by atoms with E-state index in [1.165, 1.54) is 0 Å². The summed E-state index contributed by atoms with van der Waals surface area (Å²) in [4.78, 5) is 7.30. The van der Waals surface area contributed by atoms with Crippen LogP contribution >= 0.6 is 0 Å². The molecule has 3 aromatic rings. The quantitative estimate of drug-likeness (QED) is 0.220. The van der Waals surface area contributed by atoms with E-state index in [0.29, 0.717) is 0 Å². The van der Waals surface area contributed by atoms with Gasteiger partial charge in [0.15, 0.2) is 16.6 Å². The van der Waals surface area contributed by atoms with Crippen LogP contribution in [0.3, 0.4) is 0 Å². The molecule has 0 fully saturated rings. The number of rotatable bonds is 12. The Kier molecular flexibility index (Phi) is 10.3. The van der Waals surface area contributed by atoms with Crippen molar-refractivity contribution in [2.75, 3.05) is 26.3 Å². The molecule has 3 heterocycles. The average molecular weight is 584 g/mol. The van der Waals surface area contributed by atoms with Crippen molar-refractivity contribution in [3.8, 4) is 11.4 Å². The maximum absolute atomic E-state index is 10.5. The van der Waals surface area contributed by atoms with Crippen LogP contribution in [-0.4, -0.2) is 62.3 Å². The van der Waals surface area contributed by atoms with Crippen molar-refractivity contribution in [2.45, 2.75) is 97.4 Å². The largest absolute Gasteiger partial charge is 0.416 e. The Balaban J connectivity index is 1.77. The minimum absolute atomic E-state index is 0.191. The third-order valence-electron chi connectivity index (χ3n) is 8.99. The van der Waals surface area contributed by atoms with Gasteiger partial charge in [-0.3, -0.25) is 9.88 Å². The van der Waals surface area contributed by atoms with Crippen molar-refractivity contribution >= 4 is 22.2 Å². The van der Waals surface area contributed by atoms with Gasteiger partial charge in [-0.15, -0.1) is 0 Å². The molecule has 0 spiro atoms. The minimum atomic E-state index is -1.81. The first-order valence-corrected chi connectivity index (χ1v) is 20.5. The van der Waals surface area contributed by atoms with Gasteiger partial charge in [-0.05, 0) is 73.0 Å². The molecule has 3 aromatic heterocycles. The highest BCUT2D eigenvalue weighted by Gasteiger charge is 2.38. The van der Waals surface area contributed by atoms with Crippen molar-refractivity contribution in [3.63, 3.8) is 0 Å². The summed E-state index contributed by atoms with van der Waals surface area (Å²) in [6, 6.07) is 12.4. The van der Waals surface area contributed by atoms with E-state index in [4.69, 9.17) is 13.8 Å². The molecule has 40 heavy (non-hydrogen) atoms. The van der Waals surface area contributed by atoms with Gasteiger partial charge < -0.3 is 18.4 Å². The van der Waals surface area contributed by atoms with Crippen molar-refractivity contribution in [1.82, 2.24) is 14.3 Å². The van der Waals surface area contributed by atoms with E-state index in [1.807, 2.05) is 37.5 Å². The van der Waals surface area contributed by atoms with Crippen LogP contribution in [0.5, 0.6) is 0 Å². The van der Waals surface area contributed by atoms with Crippen LogP contribution in [-0.2, 0) is 15.4 Å². The van der Waals surface area contributed by atoms with Gasteiger partial charge in [0.05, 0.1) is 17.5 Å². The smallest absolute Gasteiger partial charge is 0.192 e. The number of pyridine rings is 2. The molecule has 8 heteroatoms. The molecule has 0 bridgehead atoms. The van der Waals surface area contributed by atoms with E-state index in [0.717, 1.165) is 60.9 Å². The van der Waals surface area contributed by atoms with Crippen LogP contribution in [0.2, 0.25) is 36.3 Å². The van der Waals surface area contributed by atoms with Crippen LogP contribution in [0.1, 0.15) is 65.7 Å². The van der Waals surface area contributed by atoms with Gasteiger partial charge in [0.25, 0.3) is 0 Å². The molecule has 6 nitrogen and oxygen atoms in total. The van der Waals surface area contributed by atoms with Crippen LogP contribution in [0, 0.1) is 0 Å². The number of nitrogens with zero attached hydrogens (tertiary/aromatic N) is 3. The molecular weight excluding hydrogens is 531 g/mol. The zero-order chi connectivity index (χ0) is 29.9. The third-order valence-corrected chi connectivity index (χ3v) is 18.1. The topological polar surface area (TPSA) is 59.2 Å². The highest BCUT2D eigenvalue weighted by atomic mass is 28.4. The van der Waals surface area contributed by atoms with Gasteiger partial charge in [-0.2, -0.15) is 0 Å². The van der Waals surface area contributed by atoms with E-state index >= 15 is 0 Å². The third kappa shape index (κ3) is 7.92. The number of aromatic nitrogens is 2. The summed E-state index contributed by atoms with van der Waals surface area (Å²) in [5.74, 6) is 0. The molecule has 3 rings (SSSR count). The first kappa shape index (κ1) is 32.7. The second-order valence-electron chi connectivity index (χ2n) is 14.2. The summed E-state index contributed by atoms with van der Waals surface area (Å²) in [6.07, 6.45) is 3.42. The molecular formula is C32H53N3O3Si2. The Morgan fingerprint density at radius 3 is 1.95 bits per heavy atom. The van der Waals surface area contributed by atoms with Crippen LogP contribution in [0.15, 0.2) is 48.8 Å². The van der Waals surface area contributed by atoms with Gasteiger partial charge in [-0.25, -0.2) is 0 Å². The molecule has 1 N–H and O–H groups in total.